The third-order valence-electron chi connectivity index (χ3n) is 5.15. The average Bonchev–Trinajstić information content (AvgIpc) is 2.83. The molecule has 0 saturated heterocycles. The van der Waals surface area contributed by atoms with Crippen LogP contribution in [0, 0.1) is 0 Å². The summed E-state index contributed by atoms with van der Waals surface area (Å²) in [4.78, 5) is 19.0. The summed E-state index contributed by atoms with van der Waals surface area (Å²) >= 11 is 0. The summed E-state index contributed by atoms with van der Waals surface area (Å²) < 4.78 is 29.6. The standard InChI is InChI=1S/C26H28F2N4O2/c27-26(28)34-23-16-9-6-13-20(23)25(30)31-18-10-2-5-17-24(33)32(19-11-3-1-4-12-19)22-15-8-7-14-21(22)29/h1,3-4,6-9,11-16,26H,2,5,10,17-18,29H2,(H2,30,31). The number of alkyl halides is 2. The predicted molar refractivity (Wildman–Crippen MR) is 132 cm³/mol. The lowest BCUT2D eigenvalue weighted by Gasteiger charge is -2.24. The van der Waals surface area contributed by atoms with Gasteiger partial charge in [-0.15, -0.1) is 0 Å². The third-order valence-corrected chi connectivity index (χ3v) is 5.15. The van der Waals surface area contributed by atoms with Gasteiger partial charge in [0.15, 0.2) is 0 Å². The van der Waals surface area contributed by atoms with Crippen LogP contribution in [0.4, 0.5) is 25.8 Å². The summed E-state index contributed by atoms with van der Waals surface area (Å²) in [6.07, 6.45) is 2.46. The van der Waals surface area contributed by atoms with Crippen LogP contribution in [0.5, 0.6) is 5.75 Å². The van der Waals surface area contributed by atoms with E-state index in [2.05, 4.69) is 9.73 Å². The number of unbranched alkanes of at least 4 members (excludes halogenated alkanes) is 2. The molecule has 178 valence electrons. The van der Waals surface area contributed by atoms with E-state index < -0.39 is 6.61 Å². The van der Waals surface area contributed by atoms with Crippen molar-refractivity contribution in [2.75, 3.05) is 17.2 Å². The Hall–Kier alpha value is -3.94. The molecular weight excluding hydrogens is 438 g/mol. The highest BCUT2D eigenvalue weighted by molar-refractivity contribution is 6.03. The molecule has 6 nitrogen and oxygen atoms in total. The van der Waals surface area contributed by atoms with Gasteiger partial charge in [0.1, 0.15) is 11.6 Å². The van der Waals surface area contributed by atoms with Crippen molar-refractivity contribution >= 4 is 28.8 Å². The lowest BCUT2D eigenvalue weighted by atomic mass is 10.1. The first kappa shape index (κ1) is 24.7. The van der Waals surface area contributed by atoms with Crippen LogP contribution < -0.4 is 21.1 Å². The number of nitrogens with zero attached hydrogens (tertiary/aromatic N) is 2. The smallest absolute Gasteiger partial charge is 0.387 e. The number of amides is 1. The van der Waals surface area contributed by atoms with Crippen molar-refractivity contribution in [1.29, 1.82) is 0 Å². The van der Waals surface area contributed by atoms with E-state index in [1.165, 1.54) is 6.07 Å². The van der Waals surface area contributed by atoms with Gasteiger partial charge in [-0.1, -0.05) is 48.9 Å². The zero-order chi connectivity index (χ0) is 24.3. The maximum atomic E-state index is 13.1. The molecule has 3 aromatic carbocycles. The quantitative estimate of drug-likeness (QED) is 0.169. The monoisotopic (exact) mass is 466 g/mol. The Bertz CT molecular complexity index is 1110. The van der Waals surface area contributed by atoms with E-state index in [4.69, 9.17) is 11.5 Å². The Morgan fingerprint density at radius 3 is 2.32 bits per heavy atom. The topological polar surface area (TPSA) is 93.9 Å². The molecule has 4 N–H and O–H groups in total. The number of anilines is 3. The molecule has 1 amide bonds. The van der Waals surface area contributed by atoms with E-state index in [9.17, 15) is 13.6 Å². The summed E-state index contributed by atoms with van der Waals surface area (Å²) in [5.41, 5.74) is 14.4. The molecule has 0 atom stereocenters. The van der Waals surface area contributed by atoms with Crippen molar-refractivity contribution in [3.8, 4) is 5.75 Å². The molecule has 0 aromatic heterocycles. The van der Waals surface area contributed by atoms with Crippen LogP contribution >= 0.6 is 0 Å². The molecule has 0 heterocycles. The highest BCUT2D eigenvalue weighted by Gasteiger charge is 2.19. The van der Waals surface area contributed by atoms with Gasteiger partial charge in [-0.2, -0.15) is 8.78 Å². The largest absolute Gasteiger partial charge is 0.434 e. The van der Waals surface area contributed by atoms with Crippen molar-refractivity contribution in [3.63, 3.8) is 0 Å². The minimum absolute atomic E-state index is 0.00876. The number of nitrogens with two attached hydrogens (primary N) is 2. The molecule has 8 heteroatoms. The summed E-state index contributed by atoms with van der Waals surface area (Å²) in [5, 5.41) is 0. The van der Waals surface area contributed by atoms with Crippen molar-refractivity contribution in [1.82, 2.24) is 0 Å². The summed E-state index contributed by atoms with van der Waals surface area (Å²) in [6.45, 7) is -2.52. The highest BCUT2D eigenvalue weighted by atomic mass is 19.3. The number of ether oxygens (including phenoxy) is 1. The minimum atomic E-state index is -2.94. The van der Waals surface area contributed by atoms with Crippen molar-refractivity contribution in [3.05, 3.63) is 84.4 Å². The van der Waals surface area contributed by atoms with E-state index in [1.807, 2.05) is 48.5 Å². The van der Waals surface area contributed by atoms with Crippen LogP contribution in [0.25, 0.3) is 0 Å². The van der Waals surface area contributed by atoms with Crippen LogP contribution in [0.1, 0.15) is 31.2 Å². The first-order chi connectivity index (χ1) is 16.5. The van der Waals surface area contributed by atoms with Crippen LogP contribution in [0.15, 0.2) is 83.9 Å². The highest BCUT2D eigenvalue weighted by Crippen LogP contribution is 2.31. The van der Waals surface area contributed by atoms with Crippen molar-refractivity contribution in [2.24, 2.45) is 10.7 Å². The molecule has 0 aliphatic rings. The first-order valence-corrected chi connectivity index (χ1v) is 11.0. The van der Waals surface area contributed by atoms with Gasteiger partial charge < -0.3 is 16.2 Å². The van der Waals surface area contributed by atoms with Gasteiger partial charge in [0.05, 0.1) is 16.9 Å². The van der Waals surface area contributed by atoms with Gasteiger partial charge in [0.2, 0.25) is 5.91 Å². The molecule has 0 fully saturated rings. The first-order valence-electron chi connectivity index (χ1n) is 11.0. The second-order valence-corrected chi connectivity index (χ2v) is 7.58. The van der Waals surface area contributed by atoms with Crippen LogP contribution in [0.3, 0.4) is 0 Å². The number of carbonyl (C=O) groups excluding carboxylic acids is 1. The molecule has 0 aliphatic carbocycles. The maximum Gasteiger partial charge on any atom is 0.387 e. The molecule has 3 rings (SSSR count). The zero-order valence-electron chi connectivity index (χ0n) is 18.7. The molecule has 0 radical (unpaired) electrons. The Balaban J connectivity index is 1.55. The van der Waals surface area contributed by atoms with E-state index in [-0.39, 0.29) is 17.5 Å². The van der Waals surface area contributed by atoms with Gasteiger partial charge in [-0.25, -0.2) is 0 Å². The number of amidine groups is 1. The number of halogens is 2. The van der Waals surface area contributed by atoms with Gasteiger partial charge in [-0.3, -0.25) is 14.7 Å². The Labute approximate surface area is 197 Å². The summed E-state index contributed by atoms with van der Waals surface area (Å²) in [5.74, 6) is 0.0813. The summed E-state index contributed by atoms with van der Waals surface area (Å²) in [6, 6.07) is 22.9. The normalized spacial score (nSPS) is 11.4. The molecule has 0 spiro atoms. The van der Waals surface area contributed by atoms with Crippen molar-refractivity contribution in [2.45, 2.75) is 32.3 Å². The lowest BCUT2D eigenvalue weighted by Crippen LogP contribution is -2.26. The van der Waals surface area contributed by atoms with E-state index >= 15 is 0 Å². The fraction of sp³-hybridized carbons (Fsp3) is 0.231. The number of nitrogen functional groups attached to an aromatic ring is 1. The van der Waals surface area contributed by atoms with E-state index in [0.717, 1.165) is 12.1 Å². The number of para-hydroxylation sites is 4. The second-order valence-electron chi connectivity index (χ2n) is 7.58. The number of carbonyl (C=O) groups is 1. The van der Waals surface area contributed by atoms with Gasteiger partial charge >= 0.3 is 6.61 Å². The Morgan fingerprint density at radius 1 is 0.912 bits per heavy atom. The Morgan fingerprint density at radius 2 is 1.59 bits per heavy atom. The predicted octanol–water partition coefficient (Wildman–Crippen LogP) is 5.50. The molecular formula is C26H28F2N4O2. The van der Waals surface area contributed by atoms with Crippen LogP contribution in [0.2, 0.25) is 0 Å². The zero-order valence-corrected chi connectivity index (χ0v) is 18.7. The lowest BCUT2D eigenvalue weighted by molar-refractivity contribution is -0.118. The third kappa shape index (κ3) is 6.78. The molecule has 0 unspecified atom stereocenters. The fourth-order valence-electron chi connectivity index (χ4n) is 3.52. The molecule has 3 aromatic rings. The number of hydrogen-bond acceptors (Lipinski definition) is 4. The van der Waals surface area contributed by atoms with Crippen LogP contribution in [-0.4, -0.2) is 24.9 Å². The average molecular weight is 467 g/mol. The fourth-order valence-corrected chi connectivity index (χ4v) is 3.52. The van der Waals surface area contributed by atoms with E-state index in [1.54, 1.807) is 29.2 Å². The molecule has 0 bridgehead atoms. The van der Waals surface area contributed by atoms with E-state index in [0.29, 0.717) is 42.7 Å². The van der Waals surface area contributed by atoms with Gasteiger partial charge in [0.25, 0.3) is 0 Å². The summed E-state index contributed by atoms with van der Waals surface area (Å²) in [7, 11) is 0. The molecule has 0 saturated carbocycles. The maximum absolute atomic E-state index is 13.1. The SMILES string of the molecule is NC(=NCCCCCC(=O)N(c1ccccc1)c1ccccc1N)c1ccccc1OC(F)F. The van der Waals surface area contributed by atoms with Crippen molar-refractivity contribution < 1.29 is 18.3 Å². The van der Waals surface area contributed by atoms with Gasteiger partial charge in [-0.05, 0) is 49.2 Å². The second kappa shape index (κ2) is 12.3. The Kier molecular flexibility index (Phi) is 8.96. The molecule has 34 heavy (non-hydrogen) atoms. The number of benzene rings is 3. The number of rotatable bonds is 11. The number of hydrogen-bond donors (Lipinski definition) is 2. The van der Waals surface area contributed by atoms with Crippen LogP contribution in [-0.2, 0) is 4.79 Å². The van der Waals surface area contributed by atoms with Gasteiger partial charge in [0, 0.05) is 18.7 Å². The molecule has 0 aliphatic heterocycles. The number of aliphatic imine (C=N–C) groups is 1. The minimum Gasteiger partial charge on any atom is -0.434 e.